The molecule has 0 saturated carbocycles. The minimum Gasteiger partial charge on any atom is -0.380 e. The lowest BCUT2D eigenvalue weighted by molar-refractivity contribution is 1.10. The van der Waals surface area contributed by atoms with Gasteiger partial charge in [-0.25, -0.2) is 4.98 Å². The van der Waals surface area contributed by atoms with Crippen molar-refractivity contribution in [3.05, 3.63) is 41.4 Å². The van der Waals surface area contributed by atoms with Crippen LogP contribution in [0.15, 0.2) is 36.5 Å². The molecule has 1 aromatic heterocycles. The maximum absolute atomic E-state index is 4.33. The molecule has 0 aliphatic heterocycles. The second kappa shape index (κ2) is 6.47. The highest BCUT2D eigenvalue weighted by atomic mass is 35.5. The molecule has 0 fully saturated rings. The van der Waals surface area contributed by atoms with Gasteiger partial charge in [-0.05, 0) is 12.1 Å². The molecule has 2 aromatic rings. The van der Waals surface area contributed by atoms with E-state index < -0.39 is 0 Å². The lowest BCUT2D eigenvalue weighted by atomic mass is 10.3. The van der Waals surface area contributed by atoms with Gasteiger partial charge < -0.3 is 10.2 Å². The van der Waals surface area contributed by atoms with Crippen LogP contribution in [0, 0.1) is 0 Å². The predicted molar refractivity (Wildman–Crippen MR) is 77.5 cm³/mol. The Bertz CT molecular complexity index is 442. The maximum Gasteiger partial charge on any atom is 0.185 e. The molecule has 3 nitrogen and oxygen atoms in total. The second-order valence-electron chi connectivity index (χ2n) is 3.72. The summed E-state index contributed by atoms with van der Waals surface area (Å²) in [5.41, 5.74) is 1.14. The quantitative estimate of drug-likeness (QED) is 0.924. The van der Waals surface area contributed by atoms with Gasteiger partial charge in [0.1, 0.15) is 0 Å². The number of aromatic nitrogens is 1. The van der Waals surface area contributed by atoms with Crippen LogP contribution < -0.4 is 10.2 Å². The SMILES string of the molecule is CN(C)c1ncc(CNc2ccccc2)s1.Cl. The number of para-hydroxylation sites is 1. The number of hydrogen-bond donors (Lipinski definition) is 1. The van der Waals surface area contributed by atoms with Crippen molar-refractivity contribution in [2.75, 3.05) is 24.3 Å². The molecule has 0 aliphatic carbocycles. The molecule has 0 spiro atoms. The molecular formula is C12H16ClN3S. The normalized spacial score (nSPS) is 9.53. The summed E-state index contributed by atoms with van der Waals surface area (Å²) in [6.45, 7) is 0.829. The number of nitrogens with zero attached hydrogens (tertiary/aromatic N) is 2. The van der Waals surface area contributed by atoms with Gasteiger partial charge in [-0.3, -0.25) is 0 Å². The van der Waals surface area contributed by atoms with Gasteiger partial charge in [0.2, 0.25) is 0 Å². The highest BCUT2D eigenvalue weighted by Gasteiger charge is 2.02. The molecule has 1 aromatic carbocycles. The molecule has 0 saturated heterocycles. The Morgan fingerprint density at radius 3 is 2.53 bits per heavy atom. The third-order valence-electron chi connectivity index (χ3n) is 2.16. The first-order chi connectivity index (χ1) is 7.75. The van der Waals surface area contributed by atoms with Crippen LogP contribution in [0.3, 0.4) is 0 Å². The summed E-state index contributed by atoms with van der Waals surface area (Å²) in [5, 5.41) is 4.41. The van der Waals surface area contributed by atoms with E-state index in [2.05, 4.69) is 22.4 Å². The third kappa shape index (κ3) is 3.91. The molecule has 0 amide bonds. The molecule has 0 radical (unpaired) electrons. The average molecular weight is 270 g/mol. The average Bonchev–Trinajstić information content (AvgIpc) is 2.76. The van der Waals surface area contributed by atoms with Crippen LogP contribution in [-0.2, 0) is 6.54 Å². The Labute approximate surface area is 112 Å². The van der Waals surface area contributed by atoms with Crippen molar-refractivity contribution < 1.29 is 0 Å². The van der Waals surface area contributed by atoms with E-state index in [4.69, 9.17) is 0 Å². The zero-order chi connectivity index (χ0) is 11.4. The maximum atomic E-state index is 4.33. The highest BCUT2D eigenvalue weighted by molar-refractivity contribution is 7.15. The molecule has 0 aliphatic rings. The fourth-order valence-electron chi connectivity index (χ4n) is 1.33. The fraction of sp³-hybridized carbons (Fsp3) is 0.250. The van der Waals surface area contributed by atoms with Crippen LogP contribution in [0.1, 0.15) is 4.88 Å². The van der Waals surface area contributed by atoms with Gasteiger partial charge in [0.25, 0.3) is 0 Å². The minimum absolute atomic E-state index is 0. The number of anilines is 2. The summed E-state index contributed by atoms with van der Waals surface area (Å²) in [4.78, 5) is 7.60. The summed E-state index contributed by atoms with van der Waals surface area (Å²) in [5.74, 6) is 0. The van der Waals surface area contributed by atoms with Gasteiger partial charge in [-0.2, -0.15) is 0 Å². The van der Waals surface area contributed by atoms with Crippen molar-refractivity contribution in [2.24, 2.45) is 0 Å². The number of hydrogen-bond acceptors (Lipinski definition) is 4. The highest BCUT2D eigenvalue weighted by Crippen LogP contribution is 2.21. The van der Waals surface area contributed by atoms with Gasteiger partial charge in [-0.1, -0.05) is 18.2 Å². The lowest BCUT2D eigenvalue weighted by Crippen LogP contribution is -2.07. The molecule has 0 atom stereocenters. The van der Waals surface area contributed by atoms with Crippen molar-refractivity contribution in [2.45, 2.75) is 6.54 Å². The number of thiazole rings is 1. The molecule has 5 heteroatoms. The van der Waals surface area contributed by atoms with Crippen LogP contribution in [0.2, 0.25) is 0 Å². The summed E-state index contributed by atoms with van der Waals surface area (Å²) in [6, 6.07) is 10.2. The Morgan fingerprint density at radius 1 is 1.24 bits per heavy atom. The number of benzene rings is 1. The van der Waals surface area contributed by atoms with E-state index in [1.165, 1.54) is 4.88 Å². The Balaban J connectivity index is 0.00000144. The zero-order valence-electron chi connectivity index (χ0n) is 9.88. The summed E-state index contributed by atoms with van der Waals surface area (Å²) >= 11 is 1.71. The topological polar surface area (TPSA) is 28.2 Å². The van der Waals surface area contributed by atoms with Crippen molar-refractivity contribution >= 4 is 34.6 Å². The van der Waals surface area contributed by atoms with Gasteiger partial charge in [0.15, 0.2) is 5.13 Å². The van der Waals surface area contributed by atoms with Gasteiger partial charge >= 0.3 is 0 Å². The lowest BCUT2D eigenvalue weighted by Gasteiger charge is -2.06. The van der Waals surface area contributed by atoms with E-state index in [0.29, 0.717) is 0 Å². The molecule has 92 valence electrons. The van der Waals surface area contributed by atoms with Crippen LogP contribution in [0.4, 0.5) is 10.8 Å². The predicted octanol–water partition coefficient (Wildman–Crippen LogP) is 3.24. The van der Waals surface area contributed by atoms with Crippen molar-refractivity contribution in [3.63, 3.8) is 0 Å². The van der Waals surface area contributed by atoms with E-state index in [0.717, 1.165) is 17.4 Å². The molecule has 0 bridgehead atoms. The number of nitrogens with one attached hydrogen (secondary N) is 1. The molecule has 0 unspecified atom stereocenters. The summed E-state index contributed by atoms with van der Waals surface area (Å²) < 4.78 is 0. The first kappa shape index (κ1) is 13.8. The molecule has 17 heavy (non-hydrogen) atoms. The smallest absolute Gasteiger partial charge is 0.185 e. The van der Waals surface area contributed by atoms with Crippen LogP contribution in [-0.4, -0.2) is 19.1 Å². The Morgan fingerprint density at radius 2 is 1.94 bits per heavy atom. The zero-order valence-corrected chi connectivity index (χ0v) is 11.5. The number of rotatable bonds is 4. The summed E-state index contributed by atoms with van der Waals surface area (Å²) in [7, 11) is 4.01. The van der Waals surface area contributed by atoms with Crippen molar-refractivity contribution in [1.82, 2.24) is 4.98 Å². The van der Waals surface area contributed by atoms with Gasteiger partial charge in [-0.15, -0.1) is 23.7 Å². The number of halogens is 1. The van der Waals surface area contributed by atoms with E-state index in [1.807, 2.05) is 43.4 Å². The van der Waals surface area contributed by atoms with E-state index in [-0.39, 0.29) is 12.4 Å². The van der Waals surface area contributed by atoms with Crippen LogP contribution >= 0.6 is 23.7 Å². The molecule has 1 heterocycles. The van der Waals surface area contributed by atoms with Crippen molar-refractivity contribution in [3.8, 4) is 0 Å². The van der Waals surface area contributed by atoms with Crippen LogP contribution in [0.5, 0.6) is 0 Å². The van der Waals surface area contributed by atoms with Gasteiger partial charge in [0, 0.05) is 30.9 Å². The van der Waals surface area contributed by atoms with Crippen LogP contribution in [0.25, 0.3) is 0 Å². The monoisotopic (exact) mass is 269 g/mol. The first-order valence-electron chi connectivity index (χ1n) is 5.16. The Kier molecular flexibility index (Phi) is 5.25. The molecule has 1 N–H and O–H groups in total. The van der Waals surface area contributed by atoms with Crippen molar-refractivity contribution in [1.29, 1.82) is 0 Å². The van der Waals surface area contributed by atoms with Gasteiger partial charge in [0.05, 0.1) is 6.54 Å². The standard InChI is InChI=1S/C12H15N3S.ClH/c1-15(2)12-14-9-11(16-12)8-13-10-6-4-3-5-7-10;/h3-7,9,13H,8H2,1-2H3;1H. The summed E-state index contributed by atoms with van der Waals surface area (Å²) in [6.07, 6.45) is 1.93. The minimum atomic E-state index is 0. The first-order valence-corrected chi connectivity index (χ1v) is 5.98. The van der Waals surface area contributed by atoms with E-state index >= 15 is 0 Å². The largest absolute Gasteiger partial charge is 0.380 e. The van der Waals surface area contributed by atoms with E-state index in [9.17, 15) is 0 Å². The molecule has 2 rings (SSSR count). The van der Waals surface area contributed by atoms with E-state index in [1.54, 1.807) is 11.3 Å². The Hall–Kier alpha value is -1.26. The third-order valence-corrected chi connectivity index (χ3v) is 3.33. The fourth-order valence-corrected chi connectivity index (χ4v) is 2.10. The molecular weight excluding hydrogens is 254 g/mol. The second-order valence-corrected chi connectivity index (χ2v) is 4.82.